The van der Waals surface area contributed by atoms with Crippen LogP contribution in [0.3, 0.4) is 0 Å². The highest BCUT2D eigenvalue weighted by molar-refractivity contribution is 5.84. The lowest BCUT2D eigenvalue weighted by Gasteiger charge is -2.36. The van der Waals surface area contributed by atoms with Crippen molar-refractivity contribution in [2.45, 2.75) is 45.3 Å². The van der Waals surface area contributed by atoms with Crippen molar-refractivity contribution in [2.24, 2.45) is 0 Å². The fourth-order valence-electron chi connectivity index (χ4n) is 3.36. The molecule has 0 bridgehead atoms. The van der Waals surface area contributed by atoms with Gasteiger partial charge in [-0.15, -0.1) is 0 Å². The lowest BCUT2D eigenvalue weighted by molar-refractivity contribution is -0.147. The SMILES string of the molecule is COC(=O)[C@H]1c2ccc(OCC3=CCC=C3)cc2CCN1C(=O)OC(C)(C)C. The summed E-state index contributed by atoms with van der Waals surface area (Å²) < 4.78 is 16.3. The Morgan fingerprint density at radius 3 is 2.68 bits per heavy atom. The van der Waals surface area contributed by atoms with Crippen LogP contribution in [-0.4, -0.2) is 42.8 Å². The van der Waals surface area contributed by atoms with Crippen molar-refractivity contribution in [1.82, 2.24) is 4.90 Å². The molecule has 0 spiro atoms. The normalized spacial score (nSPS) is 18.4. The molecule has 0 fully saturated rings. The number of nitrogens with zero attached hydrogens (tertiary/aromatic N) is 1. The van der Waals surface area contributed by atoms with Gasteiger partial charge in [-0.2, -0.15) is 0 Å². The summed E-state index contributed by atoms with van der Waals surface area (Å²) in [6.07, 6.45) is 7.33. The number of carbonyl (C=O) groups excluding carboxylic acids is 2. The van der Waals surface area contributed by atoms with Crippen molar-refractivity contribution in [3.05, 3.63) is 53.1 Å². The van der Waals surface area contributed by atoms with E-state index in [0.29, 0.717) is 19.6 Å². The van der Waals surface area contributed by atoms with Gasteiger partial charge < -0.3 is 14.2 Å². The largest absolute Gasteiger partial charge is 0.489 e. The minimum atomic E-state index is -0.821. The topological polar surface area (TPSA) is 65.1 Å². The zero-order chi connectivity index (χ0) is 20.3. The number of ether oxygens (including phenoxy) is 3. The molecule has 0 saturated carbocycles. The summed E-state index contributed by atoms with van der Waals surface area (Å²) in [6.45, 7) is 6.29. The summed E-state index contributed by atoms with van der Waals surface area (Å²) in [7, 11) is 1.32. The van der Waals surface area contributed by atoms with Gasteiger partial charge >= 0.3 is 12.1 Å². The molecule has 0 radical (unpaired) electrons. The molecule has 6 nitrogen and oxygen atoms in total. The predicted octanol–water partition coefficient (Wildman–Crippen LogP) is 3.96. The molecule has 28 heavy (non-hydrogen) atoms. The van der Waals surface area contributed by atoms with Crippen molar-refractivity contribution in [1.29, 1.82) is 0 Å². The lowest BCUT2D eigenvalue weighted by Crippen LogP contribution is -2.46. The molecule has 3 rings (SSSR count). The summed E-state index contributed by atoms with van der Waals surface area (Å²) in [4.78, 5) is 26.5. The fraction of sp³-hybridized carbons (Fsp3) is 0.455. The highest BCUT2D eigenvalue weighted by atomic mass is 16.6. The minimum absolute atomic E-state index is 0.374. The van der Waals surface area contributed by atoms with Crippen LogP contribution in [0.1, 0.15) is 44.4 Å². The van der Waals surface area contributed by atoms with Crippen LogP contribution < -0.4 is 4.74 Å². The van der Waals surface area contributed by atoms with E-state index in [9.17, 15) is 9.59 Å². The van der Waals surface area contributed by atoms with Gasteiger partial charge in [-0.25, -0.2) is 9.59 Å². The first-order valence-electron chi connectivity index (χ1n) is 9.47. The predicted molar refractivity (Wildman–Crippen MR) is 105 cm³/mol. The maximum absolute atomic E-state index is 12.6. The van der Waals surface area contributed by atoms with E-state index < -0.39 is 23.7 Å². The van der Waals surface area contributed by atoms with Crippen molar-refractivity contribution < 1.29 is 23.8 Å². The highest BCUT2D eigenvalue weighted by Crippen LogP contribution is 2.34. The third-order valence-electron chi connectivity index (χ3n) is 4.65. The monoisotopic (exact) mass is 385 g/mol. The molecular weight excluding hydrogens is 358 g/mol. The van der Waals surface area contributed by atoms with Crippen LogP contribution in [0.4, 0.5) is 4.79 Å². The Kier molecular flexibility index (Phi) is 5.77. The Hall–Kier alpha value is -2.76. The van der Waals surface area contributed by atoms with Crippen LogP contribution in [-0.2, 0) is 20.7 Å². The van der Waals surface area contributed by atoms with E-state index in [1.165, 1.54) is 12.0 Å². The number of fused-ring (bicyclic) bond motifs is 1. The second-order valence-electron chi connectivity index (χ2n) is 7.92. The maximum Gasteiger partial charge on any atom is 0.411 e. The Labute approximate surface area is 165 Å². The quantitative estimate of drug-likeness (QED) is 0.734. The Balaban J connectivity index is 1.81. The van der Waals surface area contributed by atoms with Crippen molar-refractivity contribution in [3.8, 4) is 5.75 Å². The van der Waals surface area contributed by atoms with Crippen LogP contribution in [0.15, 0.2) is 42.0 Å². The van der Waals surface area contributed by atoms with E-state index in [2.05, 4.69) is 18.2 Å². The highest BCUT2D eigenvalue weighted by Gasteiger charge is 2.39. The van der Waals surface area contributed by atoms with Crippen molar-refractivity contribution in [3.63, 3.8) is 0 Å². The Morgan fingerprint density at radius 1 is 1.25 bits per heavy atom. The molecule has 150 valence electrons. The van der Waals surface area contributed by atoms with E-state index >= 15 is 0 Å². The van der Waals surface area contributed by atoms with E-state index in [1.54, 1.807) is 20.8 Å². The average molecular weight is 385 g/mol. The second kappa shape index (κ2) is 8.09. The van der Waals surface area contributed by atoms with Crippen LogP contribution >= 0.6 is 0 Å². The van der Waals surface area contributed by atoms with Gasteiger partial charge in [-0.3, -0.25) is 4.90 Å². The number of rotatable bonds is 4. The Bertz CT molecular complexity index is 819. The van der Waals surface area contributed by atoms with Crippen LogP contribution in [0.25, 0.3) is 0 Å². The van der Waals surface area contributed by atoms with E-state index in [1.807, 2.05) is 18.2 Å². The molecule has 1 aliphatic heterocycles. The molecule has 0 aromatic heterocycles. The van der Waals surface area contributed by atoms with Crippen LogP contribution in [0.2, 0.25) is 0 Å². The van der Waals surface area contributed by atoms with E-state index in [-0.39, 0.29) is 0 Å². The second-order valence-corrected chi connectivity index (χ2v) is 7.92. The van der Waals surface area contributed by atoms with Crippen molar-refractivity contribution >= 4 is 12.1 Å². The molecule has 1 aliphatic carbocycles. The number of allylic oxidation sites excluding steroid dienone is 2. The summed E-state index contributed by atoms with van der Waals surface area (Å²) in [6, 6.07) is 4.78. The van der Waals surface area contributed by atoms with Gasteiger partial charge in [0, 0.05) is 6.54 Å². The number of esters is 1. The Morgan fingerprint density at radius 2 is 2.04 bits per heavy atom. The van der Waals surface area contributed by atoms with E-state index in [0.717, 1.165) is 28.9 Å². The van der Waals surface area contributed by atoms with Crippen LogP contribution in [0.5, 0.6) is 5.75 Å². The smallest absolute Gasteiger partial charge is 0.411 e. The molecule has 6 heteroatoms. The lowest BCUT2D eigenvalue weighted by atomic mass is 9.92. The first-order valence-corrected chi connectivity index (χ1v) is 9.47. The molecule has 1 amide bonds. The average Bonchev–Trinajstić information content (AvgIpc) is 3.16. The van der Waals surface area contributed by atoms with Gasteiger partial charge in [0.15, 0.2) is 6.04 Å². The molecule has 0 saturated heterocycles. The third-order valence-corrected chi connectivity index (χ3v) is 4.65. The van der Waals surface area contributed by atoms with Gasteiger partial charge in [0.05, 0.1) is 7.11 Å². The number of benzene rings is 1. The number of hydrogen-bond donors (Lipinski definition) is 0. The zero-order valence-electron chi connectivity index (χ0n) is 16.9. The van der Waals surface area contributed by atoms with Gasteiger partial charge in [0.1, 0.15) is 18.0 Å². The summed E-state index contributed by atoms with van der Waals surface area (Å²) in [5.41, 5.74) is 2.24. The third kappa shape index (κ3) is 4.55. The number of carbonyl (C=O) groups is 2. The molecule has 1 heterocycles. The molecular formula is C22H27NO5. The standard InChI is InChI=1S/C22H27NO5/c1-22(2,3)28-21(25)23-12-11-16-13-17(27-14-15-7-5-6-8-15)9-10-18(16)19(23)20(24)26-4/h5,7-10,13,19H,6,11-12,14H2,1-4H3/t19-/m1/s1. The number of hydrogen-bond acceptors (Lipinski definition) is 5. The summed E-state index contributed by atoms with van der Waals surface area (Å²) in [5, 5.41) is 0. The molecule has 0 N–H and O–H groups in total. The molecule has 1 atom stereocenters. The fourth-order valence-corrected chi connectivity index (χ4v) is 3.36. The summed E-state index contributed by atoms with van der Waals surface area (Å²) in [5.74, 6) is 0.260. The first-order chi connectivity index (χ1) is 13.3. The van der Waals surface area contributed by atoms with Crippen LogP contribution in [0, 0.1) is 0 Å². The van der Waals surface area contributed by atoms with Crippen molar-refractivity contribution in [2.75, 3.05) is 20.3 Å². The van der Waals surface area contributed by atoms with Gasteiger partial charge in [0.25, 0.3) is 0 Å². The number of amides is 1. The molecule has 2 aliphatic rings. The van der Waals surface area contributed by atoms with E-state index in [4.69, 9.17) is 14.2 Å². The van der Waals surface area contributed by atoms with Gasteiger partial charge in [-0.1, -0.05) is 24.3 Å². The minimum Gasteiger partial charge on any atom is -0.489 e. The van der Waals surface area contributed by atoms with Gasteiger partial charge in [0.2, 0.25) is 0 Å². The van der Waals surface area contributed by atoms with Gasteiger partial charge in [-0.05, 0) is 62.4 Å². The molecule has 1 aromatic carbocycles. The molecule has 1 aromatic rings. The summed E-state index contributed by atoms with van der Waals surface area (Å²) >= 11 is 0. The maximum atomic E-state index is 12.6. The zero-order valence-corrected chi connectivity index (χ0v) is 16.9. The molecule has 0 unspecified atom stereocenters. The first kappa shape index (κ1) is 20.0. The number of methoxy groups -OCH3 is 1.